The van der Waals surface area contributed by atoms with Gasteiger partial charge in [0, 0.05) is 19.6 Å². The molecule has 98 valence electrons. The van der Waals surface area contributed by atoms with Crippen molar-refractivity contribution in [3.63, 3.8) is 0 Å². The highest BCUT2D eigenvalue weighted by atomic mass is 127. The highest BCUT2D eigenvalue weighted by Gasteiger charge is 2.47. The van der Waals surface area contributed by atoms with Crippen LogP contribution in [0.2, 0.25) is 0 Å². The summed E-state index contributed by atoms with van der Waals surface area (Å²) in [5.41, 5.74) is 0. The molecule has 3 nitrogen and oxygen atoms in total. The first-order valence-corrected chi connectivity index (χ1v) is 6.39. The second-order valence-corrected chi connectivity index (χ2v) is 5.66. The zero-order valence-corrected chi connectivity index (χ0v) is 11.5. The van der Waals surface area contributed by atoms with E-state index >= 15 is 0 Å². The number of alkyl halides is 4. The summed E-state index contributed by atoms with van der Waals surface area (Å²) in [7, 11) is 0. The number of carbonyl (C=O) groups excluding carboxylic acids is 1. The summed E-state index contributed by atoms with van der Waals surface area (Å²) >= 11 is 1.95. The Morgan fingerprint density at radius 3 is 2.53 bits per heavy atom. The quantitative estimate of drug-likeness (QED) is 0.325. The Morgan fingerprint density at radius 1 is 1.53 bits per heavy atom. The first-order valence-electron chi connectivity index (χ1n) is 5.15. The van der Waals surface area contributed by atoms with Crippen LogP contribution in [0, 0.1) is 0 Å². The number of amides is 1. The topological polar surface area (TPSA) is 23.6 Å². The monoisotopic (exact) mass is 362 g/mol. The molecule has 1 saturated heterocycles. The highest BCUT2D eigenvalue weighted by molar-refractivity contribution is 14.1. The summed E-state index contributed by atoms with van der Waals surface area (Å²) in [6, 6.07) is -1.59. The number of halogens is 4. The van der Waals surface area contributed by atoms with Crippen molar-refractivity contribution in [2.45, 2.75) is 23.2 Å². The lowest BCUT2D eigenvalue weighted by atomic mass is 10.1. The summed E-state index contributed by atoms with van der Waals surface area (Å²) in [6.07, 6.45) is -3.27. The van der Waals surface area contributed by atoms with Crippen LogP contribution in [0.3, 0.4) is 0 Å². The summed E-state index contributed by atoms with van der Waals surface area (Å²) < 4.78 is 38.4. The number of hydrogen-bond donors (Lipinski definition) is 0. The lowest BCUT2D eigenvalue weighted by molar-refractivity contribution is -0.197. The molecule has 1 fully saturated rings. The van der Waals surface area contributed by atoms with Gasteiger partial charge in [-0.15, -0.1) is 0 Å². The maximum absolute atomic E-state index is 12.9. The fourth-order valence-electron chi connectivity index (χ4n) is 1.84. The molecule has 0 aliphatic carbocycles. The second kappa shape index (κ2) is 5.55. The molecule has 0 aromatic heterocycles. The van der Waals surface area contributed by atoms with Crippen molar-refractivity contribution < 1.29 is 18.0 Å². The van der Waals surface area contributed by atoms with Crippen LogP contribution in [0.1, 0.15) is 6.92 Å². The minimum atomic E-state index is -4.32. The summed E-state index contributed by atoms with van der Waals surface area (Å²) in [5, 5.41) is 0. The van der Waals surface area contributed by atoms with Crippen molar-refractivity contribution in [3.05, 3.63) is 12.7 Å². The van der Waals surface area contributed by atoms with Crippen molar-refractivity contribution in [3.8, 4) is 0 Å². The third-order valence-electron chi connectivity index (χ3n) is 2.74. The van der Waals surface area contributed by atoms with Crippen molar-refractivity contribution in [2.24, 2.45) is 0 Å². The fraction of sp³-hybridized carbons (Fsp3) is 0.700. The molecule has 0 bridgehead atoms. The summed E-state index contributed by atoms with van der Waals surface area (Å²) in [4.78, 5) is 13.9. The van der Waals surface area contributed by atoms with Crippen LogP contribution < -0.4 is 0 Å². The van der Waals surface area contributed by atoms with Gasteiger partial charge in [0.25, 0.3) is 0 Å². The second-order valence-electron chi connectivity index (χ2n) is 3.86. The lowest BCUT2D eigenvalue weighted by Gasteiger charge is -2.43. The Bertz CT molecular complexity index is 306. The molecule has 1 rings (SSSR count). The molecule has 1 aliphatic rings. The molecule has 0 radical (unpaired) electrons. The Morgan fingerprint density at radius 2 is 2.12 bits per heavy atom. The molecule has 1 aliphatic heterocycles. The van der Waals surface area contributed by atoms with E-state index in [1.54, 1.807) is 6.92 Å². The van der Waals surface area contributed by atoms with Gasteiger partial charge < -0.3 is 4.90 Å². The van der Waals surface area contributed by atoms with Crippen LogP contribution in [-0.4, -0.2) is 51.6 Å². The van der Waals surface area contributed by atoms with Crippen LogP contribution in [0.4, 0.5) is 13.2 Å². The van der Waals surface area contributed by atoms with Crippen LogP contribution in [0.15, 0.2) is 12.7 Å². The number of rotatable bonds is 2. The Hall–Kier alpha value is -0.310. The molecule has 1 heterocycles. The van der Waals surface area contributed by atoms with E-state index in [4.69, 9.17) is 0 Å². The smallest absolute Gasteiger partial charge is 0.336 e. The van der Waals surface area contributed by atoms with E-state index in [9.17, 15) is 18.0 Å². The molecule has 2 unspecified atom stereocenters. The van der Waals surface area contributed by atoms with Crippen molar-refractivity contribution in [2.75, 3.05) is 19.6 Å². The zero-order chi connectivity index (χ0) is 13.2. The molecule has 0 saturated carbocycles. The molecule has 17 heavy (non-hydrogen) atoms. The number of carbonyl (C=O) groups is 1. The van der Waals surface area contributed by atoms with Gasteiger partial charge in [-0.05, 0) is 13.0 Å². The molecular formula is C10H14F3IN2O. The number of nitrogens with zero attached hydrogens (tertiary/aromatic N) is 2. The summed E-state index contributed by atoms with van der Waals surface area (Å²) in [5.74, 6) is -0.444. The normalized spacial score (nSPS) is 24.5. The molecule has 1 amide bonds. The Kier molecular flexibility index (Phi) is 4.82. The third-order valence-corrected chi connectivity index (χ3v) is 3.46. The van der Waals surface area contributed by atoms with E-state index in [-0.39, 0.29) is 17.1 Å². The predicted molar refractivity (Wildman–Crippen MR) is 66.8 cm³/mol. The lowest BCUT2D eigenvalue weighted by Crippen LogP contribution is -2.61. The summed E-state index contributed by atoms with van der Waals surface area (Å²) in [6.45, 7) is 5.22. The van der Waals surface area contributed by atoms with Crippen molar-refractivity contribution in [1.29, 1.82) is 0 Å². The maximum Gasteiger partial charge on any atom is 0.405 e. The molecular weight excluding hydrogens is 348 g/mol. The average Bonchev–Trinajstić information content (AvgIpc) is 2.25. The first kappa shape index (κ1) is 14.7. The number of hydrogen-bond acceptors (Lipinski definition) is 2. The van der Waals surface area contributed by atoms with Gasteiger partial charge in [0.1, 0.15) is 6.04 Å². The zero-order valence-electron chi connectivity index (χ0n) is 9.38. The van der Waals surface area contributed by atoms with Crippen molar-refractivity contribution >= 4 is 28.5 Å². The molecule has 7 heteroatoms. The fourth-order valence-corrected chi connectivity index (χ4v) is 2.51. The van der Waals surface area contributed by atoms with Gasteiger partial charge in [0.2, 0.25) is 5.91 Å². The van der Waals surface area contributed by atoms with E-state index < -0.39 is 18.1 Å². The van der Waals surface area contributed by atoms with Crippen LogP contribution in [-0.2, 0) is 4.79 Å². The molecule has 0 aromatic carbocycles. The number of piperazine rings is 1. The first-order chi connectivity index (χ1) is 7.77. The van der Waals surface area contributed by atoms with Gasteiger partial charge >= 0.3 is 6.18 Å². The van der Waals surface area contributed by atoms with Crippen LogP contribution in [0.5, 0.6) is 0 Å². The van der Waals surface area contributed by atoms with Crippen molar-refractivity contribution in [1.82, 2.24) is 9.80 Å². The van der Waals surface area contributed by atoms with E-state index in [2.05, 4.69) is 6.58 Å². The van der Waals surface area contributed by atoms with Crippen LogP contribution >= 0.6 is 22.6 Å². The standard InChI is InChI=1S/C10H14F3IN2O/c1-3-9(17)15-4-5-16(7(2)14)8(6-15)10(11,12)13/h3,7-8H,1,4-6H2,2H3. The van der Waals surface area contributed by atoms with E-state index in [1.807, 2.05) is 22.6 Å². The van der Waals surface area contributed by atoms with Gasteiger partial charge in [-0.1, -0.05) is 29.2 Å². The van der Waals surface area contributed by atoms with Crippen LogP contribution in [0.25, 0.3) is 0 Å². The van der Waals surface area contributed by atoms with Gasteiger partial charge in [-0.3, -0.25) is 9.69 Å². The van der Waals surface area contributed by atoms with Gasteiger partial charge in [-0.2, -0.15) is 13.2 Å². The van der Waals surface area contributed by atoms with E-state index in [1.165, 1.54) is 9.80 Å². The third kappa shape index (κ3) is 3.57. The Labute approximate surface area is 112 Å². The average molecular weight is 362 g/mol. The molecule has 2 atom stereocenters. The van der Waals surface area contributed by atoms with Gasteiger partial charge in [0.15, 0.2) is 0 Å². The Balaban J connectivity index is 2.84. The minimum Gasteiger partial charge on any atom is -0.336 e. The van der Waals surface area contributed by atoms with E-state index in [0.29, 0.717) is 6.54 Å². The maximum atomic E-state index is 12.9. The highest BCUT2D eigenvalue weighted by Crippen LogP contribution is 2.30. The van der Waals surface area contributed by atoms with E-state index in [0.717, 1.165) is 6.08 Å². The van der Waals surface area contributed by atoms with Gasteiger partial charge in [0.05, 0.1) is 4.05 Å². The molecule has 0 aromatic rings. The molecule has 0 N–H and O–H groups in total. The SMILES string of the molecule is C=CC(=O)N1CCN(C(C)I)C(C(F)(F)F)C1. The predicted octanol–water partition coefficient (Wildman–Crippen LogP) is 2.03. The largest absolute Gasteiger partial charge is 0.405 e. The minimum absolute atomic E-state index is 0.222. The van der Waals surface area contributed by atoms with Gasteiger partial charge in [-0.25, -0.2) is 0 Å². The molecule has 0 spiro atoms.